The van der Waals surface area contributed by atoms with Crippen molar-refractivity contribution in [3.63, 3.8) is 0 Å². The number of ether oxygens (including phenoxy) is 1. The SMILES string of the molecule is COc1ccc(CO)cc1S(=O)(=O)NCc1nc(C)cs1. The van der Waals surface area contributed by atoms with E-state index >= 15 is 0 Å². The Hall–Kier alpha value is -1.48. The van der Waals surface area contributed by atoms with Gasteiger partial charge < -0.3 is 9.84 Å². The van der Waals surface area contributed by atoms with Gasteiger partial charge >= 0.3 is 0 Å². The summed E-state index contributed by atoms with van der Waals surface area (Å²) >= 11 is 1.39. The zero-order valence-electron chi connectivity index (χ0n) is 11.7. The Bertz CT molecular complexity index is 726. The van der Waals surface area contributed by atoms with Crippen LogP contribution in [0.25, 0.3) is 0 Å². The molecule has 0 atom stereocenters. The van der Waals surface area contributed by atoms with E-state index in [1.165, 1.54) is 30.6 Å². The predicted molar refractivity (Wildman–Crippen MR) is 79.8 cm³/mol. The van der Waals surface area contributed by atoms with E-state index in [2.05, 4.69) is 9.71 Å². The highest BCUT2D eigenvalue weighted by Gasteiger charge is 2.20. The molecule has 1 aromatic heterocycles. The molecule has 2 N–H and O–H groups in total. The predicted octanol–water partition coefficient (Wildman–Crippen LogP) is 1.43. The smallest absolute Gasteiger partial charge is 0.244 e. The van der Waals surface area contributed by atoms with Crippen molar-refractivity contribution < 1.29 is 18.3 Å². The van der Waals surface area contributed by atoms with Crippen LogP contribution in [0.5, 0.6) is 5.75 Å². The molecule has 0 fully saturated rings. The zero-order chi connectivity index (χ0) is 15.5. The third kappa shape index (κ3) is 3.79. The Balaban J connectivity index is 2.26. The third-order valence-electron chi connectivity index (χ3n) is 2.78. The van der Waals surface area contributed by atoms with Crippen LogP contribution in [0.2, 0.25) is 0 Å². The van der Waals surface area contributed by atoms with Crippen LogP contribution in [-0.2, 0) is 23.2 Å². The molecule has 0 saturated heterocycles. The monoisotopic (exact) mass is 328 g/mol. The number of nitrogens with one attached hydrogen (secondary N) is 1. The standard InChI is InChI=1S/C13H16N2O4S2/c1-9-8-20-13(15-9)6-14-21(17,18)12-5-10(7-16)3-4-11(12)19-2/h3-5,8,14,16H,6-7H2,1-2H3. The number of benzene rings is 1. The van der Waals surface area contributed by atoms with Crippen LogP contribution < -0.4 is 9.46 Å². The molecule has 2 rings (SSSR count). The maximum atomic E-state index is 12.4. The molecule has 114 valence electrons. The summed E-state index contributed by atoms with van der Waals surface area (Å²) in [5.74, 6) is 0.231. The van der Waals surface area contributed by atoms with Gasteiger partial charge in [0.15, 0.2) is 0 Å². The van der Waals surface area contributed by atoms with Gasteiger partial charge in [-0.1, -0.05) is 6.07 Å². The molecule has 2 aromatic rings. The number of hydrogen-bond acceptors (Lipinski definition) is 6. The lowest BCUT2D eigenvalue weighted by molar-refractivity contribution is 0.281. The molecule has 0 radical (unpaired) electrons. The van der Waals surface area contributed by atoms with Crippen molar-refractivity contribution >= 4 is 21.4 Å². The lowest BCUT2D eigenvalue weighted by atomic mass is 10.2. The van der Waals surface area contributed by atoms with E-state index in [0.29, 0.717) is 10.6 Å². The average Bonchev–Trinajstić information content (AvgIpc) is 2.90. The number of hydrogen-bond donors (Lipinski definition) is 2. The molecule has 0 spiro atoms. The van der Waals surface area contributed by atoms with Crippen LogP contribution in [0.1, 0.15) is 16.3 Å². The van der Waals surface area contributed by atoms with Gasteiger partial charge in [0.1, 0.15) is 15.7 Å². The van der Waals surface area contributed by atoms with E-state index in [1.807, 2.05) is 12.3 Å². The number of aryl methyl sites for hydroxylation is 1. The largest absolute Gasteiger partial charge is 0.495 e. The van der Waals surface area contributed by atoms with E-state index < -0.39 is 10.0 Å². The van der Waals surface area contributed by atoms with Gasteiger partial charge in [-0.05, 0) is 24.6 Å². The average molecular weight is 328 g/mol. The first kappa shape index (κ1) is 15.9. The van der Waals surface area contributed by atoms with E-state index in [9.17, 15) is 8.42 Å². The number of sulfonamides is 1. The molecular weight excluding hydrogens is 312 g/mol. The molecule has 8 heteroatoms. The third-order valence-corrected chi connectivity index (χ3v) is 5.17. The molecule has 6 nitrogen and oxygen atoms in total. The van der Waals surface area contributed by atoms with Gasteiger partial charge in [-0.3, -0.25) is 0 Å². The Morgan fingerprint density at radius 1 is 1.43 bits per heavy atom. The first-order valence-electron chi connectivity index (χ1n) is 6.14. The second-order valence-electron chi connectivity index (χ2n) is 4.35. The van der Waals surface area contributed by atoms with Crippen LogP contribution in [0.3, 0.4) is 0 Å². The molecule has 0 amide bonds. The quantitative estimate of drug-likeness (QED) is 0.837. The number of aliphatic hydroxyl groups excluding tert-OH is 1. The van der Waals surface area contributed by atoms with Gasteiger partial charge in [0.05, 0.1) is 20.3 Å². The number of nitrogens with zero attached hydrogens (tertiary/aromatic N) is 1. The van der Waals surface area contributed by atoms with Crippen LogP contribution in [0, 0.1) is 6.92 Å². The van der Waals surface area contributed by atoms with Crippen LogP contribution in [0.4, 0.5) is 0 Å². The summed E-state index contributed by atoms with van der Waals surface area (Å²) in [7, 11) is -2.34. The number of aliphatic hydroxyl groups is 1. The summed E-state index contributed by atoms with van der Waals surface area (Å²) in [6, 6.07) is 4.53. The highest BCUT2D eigenvalue weighted by atomic mass is 32.2. The first-order chi connectivity index (χ1) is 9.96. The second kappa shape index (κ2) is 6.52. The molecule has 0 bridgehead atoms. The van der Waals surface area contributed by atoms with Crippen molar-refractivity contribution in [3.8, 4) is 5.75 Å². The number of thiazole rings is 1. The normalized spacial score (nSPS) is 11.6. The van der Waals surface area contributed by atoms with E-state index in [0.717, 1.165) is 5.69 Å². The summed E-state index contributed by atoms with van der Waals surface area (Å²) < 4.78 is 32.3. The van der Waals surface area contributed by atoms with Crippen molar-refractivity contribution in [2.45, 2.75) is 25.0 Å². The summed E-state index contributed by atoms with van der Waals surface area (Å²) in [5, 5.41) is 11.7. The highest BCUT2D eigenvalue weighted by Crippen LogP contribution is 2.25. The Labute approximate surface area is 127 Å². The molecule has 0 aliphatic heterocycles. The highest BCUT2D eigenvalue weighted by molar-refractivity contribution is 7.89. The number of rotatable bonds is 6. The fourth-order valence-electron chi connectivity index (χ4n) is 1.75. The van der Waals surface area contributed by atoms with E-state index in [1.54, 1.807) is 6.07 Å². The lowest BCUT2D eigenvalue weighted by Crippen LogP contribution is -2.24. The minimum Gasteiger partial charge on any atom is -0.495 e. The van der Waals surface area contributed by atoms with Crippen molar-refractivity contribution in [3.05, 3.63) is 39.8 Å². The summed E-state index contributed by atoms with van der Waals surface area (Å²) in [4.78, 5) is 4.21. The molecule has 0 unspecified atom stereocenters. The molecule has 21 heavy (non-hydrogen) atoms. The van der Waals surface area contributed by atoms with Crippen molar-refractivity contribution in [2.75, 3.05) is 7.11 Å². The summed E-state index contributed by atoms with van der Waals surface area (Å²) in [6.45, 7) is 1.73. The molecule has 0 saturated carbocycles. The van der Waals surface area contributed by atoms with Crippen molar-refractivity contribution in [1.29, 1.82) is 0 Å². The maximum Gasteiger partial charge on any atom is 0.244 e. The second-order valence-corrected chi connectivity index (χ2v) is 7.03. The molecule has 0 aliphatic carbocycles. The fraction of sp³-hybridized carbons (Fsp3) is 0.308. The van der Waals surface area contributed by atoms with Crippen LogP contribution in [0.15, 0.2) is 28.5 Å². The van der Waals surface area contributed by atoms with Gasteiger partial charge in [-0.15, -0.1) is 11.3 Å². The fourth-order valence-corrected chi connectivity index (χ4v) is 3.76. The van der Waals surface area contributed by atoms with Gasteiger partial charge in [0.25, 0.3) is 0 Å². The van der Waals surface area contributed by atoms with Gasteiger partial charge in [0, 0.05) is 11.1 Å². The molecule has 1 aromatic carbocycles. The van der Waals surface area contributed by atoms with Gasteiger partial charge in [-0.25, -0.2) is 18.1 Å². The Kier molecular flexibility index (Phi) is 4.94. The zero-order valence-corrected chi connectivity index (χ0v) is 13.3. The van der Waals surface area contributed by atoms with E-state index in [-0.39, 0.29) is 23.8 Å². The molecular formula is C13H16N2O4S2. The van der Waals surface area contributed by atoms with Crippen molar-refractivity contribution in [1.82, 2.24) is 9.71 Å². The maximum absolute atomic E-state index is 12.4. The lowest BCUT2D eigenvalue weighted by Gasteiger charge is -2.11. The van der Waals surface area contributed by atoms with Crippen molar-refractivity contribution in [2.24, 2.45) is 0 Å². The van der Waals surface area contributed by atoms with Gasteiger partial charge in [-0.2, -0.15) is 0 Å². The minimum absolute atomic E-state index is 0.00447. The van der Waals surface area contributed by atoms with Crippen LogP contribution in [-0.4, -0.2) is 25.6 Å². The molecule has 1 heterocycles. The Morgan fingerprint density at radius 2 is 2.19 bits per heavy atom. The topological polar surface area (TPSA) is 88.5 Å². The minimum atomic E-state index is -3.74. The number of aromatic nitrogens is 1. The number of methoxy groups -OCH3 is 1. The Morgan fingerprint density at radius 3 is 2.76 bits per heavy atom. The van der Waals surface area contributed by atoms with Crippen LogP contribution >= 0.6 is 11.3 Å². The molecule has 0 aliphatic rings. The first-order valence-corrected chi connectivity index (χ1v) is 8.51. The van der Waals surface area contributed by atoms with E-state index in [4.69, 9.17) is 9.84 Å². The summed E-state index contributed by atoms with van der Waals surface area (Å²) in [6.07, 6.45) is 0. The summed E-state index contributed by atoms with van der Waals surface area (Å²) in [5.41, 5.74) is 1.36. The van der Waals surface area contributed by atoms with Gasteiger partial charge in [0.2, 0.25) is 10.0 Å².